The SMILES string of the molecule is CCCCCC/C=C\C=C/CCCCCCCC(=O)O[C@H](COC(=O)CCCCCCCCC(C)C)COP(=O)(O)OC[C@H](O)COP(=O)(O)OC[C@@H](COC(=O)CCCCCCCCCCCCC(C)C)OC(=O)CCCCCCCCCCCCCCCCCCCCC(C)C. The molecule has 5 atom stereocenters. The van der Waals surface area contributed by atoms with Crippen molar-refractivity contribution in [2.24, 2.45) is 17.8 Å². The zero-order chi connectivity index (χ0) is 72.3. The van der Waals surface area contributed by atoms with E-state index in [9.17, 15) is 43.2 Å². The Morgan fingerprint density at radius 2 is 0.551 bits per heavy atom. The fourth-order valence-corrected chi connectivity index (χ4v) is 13.2. The first-order valence-corrected chi connectivity index (χ1v) is 43.2. The molecule has 0 fully saturated rings. The largest absolute Gasteiger partial charge is 0.472 e. The molecule has 0 rings (SSSR count). The molecule has 3 N–H and O–H groups in total. The summed E-state index contributed by atoms with van der Waals surface area (Å²) in [6.07, 6.45) is 59.3. The lowest BCUT2D eigenvalue weighted by molar-refractivity contribution is -0.161. The highest BCUT2D eigenvalue weighted by atomic mass is 31.2. The third kappa shape index (κ3) is 71.9. The smallest absolute Gasteiger partial charge is 0.462 e. The Morgan fingerprint density at radius 1 is 0.316 bits per heavy atom. The summed E-state index contributed by atoms with van der Waals surface area (Å²) in [4.78, 5) is 72.8. The number of carbonyl (C=O) groups excluding carboxylic acids is 4. The van der Waals surface area contributed by atoms with Gasteiger partial charge in [0.05, 0.1) is 26.4 Å². The number of hydrogen-bond acceptors (Lipinski definition) is 15. The number of esters is 4. The van der Waals surface area contributed by atoms with Crippen LogP contribution in [0.5, 0.6) is 0 Å². The Bertz CT molecular complexity index is 2000. The molecule has 0 spiro atoms. The van der Waals surface area contributed by atoms with Gasteiger partial charge in [0.2, 0.25) is 0 Å². The van der Waals surface area contributed by atoms with Crippen molar-refractivity contribution in [2.75, 3.05) is 39.6 Å². The molecule has 0 radical (unpaired) electrons. The van der Waals surface area contributed by atoms with Crippen LogP contribution < -0.4 is 0 Å². The summed E-state index contributed by atoms with van der Waals surface area (Å²) >= 11 is 0. The third-order valence-corrected chi connectivity index (χ3v) is 19.7. The maximum Gasteiger partial charge on any atom is 0.472 e. The Morgan fingerprint density at radius 3 is 0.827 bits per heavy atom. The van der Waals surface area contributed by atoms with E-state index in [4.69, 9.17) is 37.0 Å². The average molecular weight is 1430 g/mol. The molecular weight excluding hydrogens is 1280 g/mol. The van der Waals surface area contributed by atoms with Crippen molar-refractivity contribution in [3.8, 4) is 0 Å². The van der Waals surface area contributed by atoms with E-state index in [1.807, 2.05) is 0 Å². The van der Waals surface area contributed by atoms with Crippen molar-refractivity contribution in [2.45, 2.75) is 401 Å². The van der Waals surface area contributed by atoms with E-state index in [1.165, 1.54) is 173 Å². The number of ether oxygens (including phenoxy) is 4. The van der Waals surface area contributed by atoms with Crippen LogP contribution in [0.3, 0.4) is 0 Å². The average Bonchev–Trinajstić information content (AvgIpc) is 0.981. The van der Waals surface area contributed by atoms with Crippen molar-refractivity contribution in [3.05, 3.63) is 24.3 Å². The molecule has 0 aromatic carbocycles. The second kappa shape index (κ2) is 68.9. The van der Waals surface area contributed by atoms with Gasteiger partial charge in [0.1, 0.15) is 19.3 Å². The van der Waals surface area contributed by atoms with Crippen LogP contribution >= 0.6 is 15.6 Å². The molecular formula is C79H150O17P2. The topological polar surface area (TPSA) is 237 Å². The molecule has 0 aliphatic heterocycles. The first-order chi connectivity index (χ1) is 47.2. The zero-order valence-corrected chi connectivity index (χ0v) is 65.5. The Kier molecular flexibility index (Phi) is 67.2. The lowest BCUT2D eigenvalue weighted by Crippen LogP contribution is -2.30. The van der Waals surface area contributed by atoms with Crippen LogP contribution in [0.4, 0.5) is 0 Å². The number of hydrogen-bond donors (Lipinski definition) is 3. The van der Waals surface area contributed by atoms with Gasteiger partial charge in [-0.1, -0.05) is 330 Å². The summed E-state index contributed by atoms with van der Waals surface area (Å²) in [7, 11) is -9.93. The molecule has 0 aromatic rings. The first kappa shape index (κ1) is 95.5. The molecule has 578 valence electrons. The minimum Gasteiger partial charge on any atom is -0.462 e. The number of carbonyl (C=O) groups is 4. The molecule has 0 saturated heterocycles. The summed E-state index contributed by atoms with van der Waals surface area (Å²) in [6.45, 7) is 11.8. The molecule has 19 heteroatoms. The second-order valence-electron chi connectivity index (χ2n) is 29.2. The lowest BCUT2D eigenvalue weighted by atomic mass is 10.0. The van der Waals surface area contributed by atoms with Crippen LogP contribution in [0.25, 0.3) is 0 Å². The maximum atomic E-state index is 13.1. The van der Waals surface area contributed by atoms with Crippen LogP contribution in [0, 0.1) is 17.8 Å². The molecule has 0 amide bonds. The fourth-order valence-electron chi connectivity index (χ4n) is 11.6. The predicted octanol–water partition coefficient (Wildman–Crippen LogP) is 22.9. The van der Waals surface area contributed by atoms with Crippen molar-refractivity contribution in [1.82, 2.24) is 0 Å². The molecule has 98 heavy (non-hydrogen) atoms. The minimum absolute atomic E-state index is 0.0838. The molecule has 17 nitrogen and oxygen atoms in total. The Hall–Kier alpha value is -2.46. The predicted molar refractivity (Wildman–Crippen MR) is 400 cm³/mol. The van der Waals surface area contributed by atoms with Gasteiger partial charge >= 0.3 is 39.5 Å². The van der Waals surface area contributed by atoms with Gasteiger partial charge in [-0.15, -0.1) is 0 Å². The van der Waals surface area contributed by atoms with E-state index in [0.717, 1.165) is 121 Å². The summed E-state index contributed by atoms with van der Waals surface area (Å²) in [5.41, 5.74) is 0. The second-order valence-corrected chi connectivity index (χ2v) is 32.1. The van der Waals surface area contributed by atoms with E-state index in [2.05, 4.69) is 72.8 Å². The quantitative estimate of drug-likeness (QED) is 0.0169. The van der Waals surface area contributed by atoms with E-state index in [-0.39, 0.29) is 25.7 Å². The van der Waals surface area contributed by atoms with Crippen molar-refractivity contribution < 1.29 is 80.2 Å². The molecule has 0 saturated carbocycles. The third-order valence-electron chi connectivity index (χ3n) is 17.8. The normalized spacial score (nSPS) is 14.2. The highest BCUT2D eigenvalue weighted by molar-refractivity contribution is 7.47. The molecule has 0 bridgehead atoms. The Balaban J connectivity index is 5.23. The number of allylic oxidation sites excluding steroid dienone is 4. The van der Waals surface area contributed by atoms with Gasteiger partial charge in [-0.2, -0.15) is 0 Å². The van der Waals surface area contributed by atoms with Gasteiger partial charge in [0.15, 0.2) is 12.2 Å². The zero-order valence-electron chi connectivity index (χ0n) is 63.7. The molecule has 0 aromatic heterocycles. The first-order valence-electron chi connectivity index (χ1n) is 40.2. The van der Waals surface area contributed by atoms with Gasteiger partial charge in [-0.3, -0.25) is 37.3 Å². The van der Waals surface area contributed by atoms with Crippen LogP contribution in [0.2, 0.25) is 0 Å². The van der Waals surface area contributed by atoms with Crippen LogP contribution in [0.1, 0.15) is 382 Å². The molecule has 0 aliphatic carbocycles. The van der Waals surface area contributed by atoms with E-state index in [1.54, 1.807) is 0 Å². The highest BCUT2D eigenvalue weighted by Crippen LogP contribution is 2.45. The van der Waals surface area contributed by atoms with Crippen molar-refractivity contribution in [1.29, 1.82) is 0 Å². The van der Waals surface area contributed by atoms with E-state index >= 15 is 0 Å². The van der Waals surface area contributed by atoms with E-state index in [0.29, 0.717) is 31.6 Å². The van der Waals surface area contributed by atoms with Crippen LogP contribution in [0.15, 0.2) is 24.3 Å². The number of unbranched alkanes of at least 4 members (excludes halogenated alkanes) is 40. The van der Waals surface area contributed by atoms with Crippen molar-refractivity contribution >= 4 is 39.5 Å². The van der Waals surface area contributed by atoms with Gasteiger partial charge < -0.3 is 33.8 Å². The standard InChI is InChI=1S/C79H150O17P2/c1-8-9-10-11-12-13-14-15-20-24-27-34-39-48-55-63-79(84)96-75(67-90-77(82)61-54-47-42-41-45-52-59-72(6)7)69-94-98(87,88)92-65-73(80)64-91-97(85,86)93-68-74(66-89-76(81)60-53-46-38-33-30-29-32-37-44-51-58-71(4)5)95-78(83)62-56-49-40-35-28-25-22-19-17-16-18-21-23-26-31-36-43-50-57-70(2)3/h13-15,20,70-75,80H,8-12,16-19,21-69H2,1-7H3,(H,85,86)(H,87,88)/b14-13-,20-15-/t73-,74-,75-/m1/s1. The van der Waals surface area contributed by atoms with Crippen LogP contribution in [-0.4, -0.2) is 96.7 Å². The fraction of sp³-hybridized carbons (Fsp3) is 0.899. The number of phosphoric ester groups is 2. The number of phosphoric acid groups is 2. The lowest BCUT2D eigenvalue weighted by Gasteiger charge is -2.21. The summed E-state index contributed by atoms with van der Waals surface area (Å²) in [5, 5.41) is 10.6. The maximum absolute atomic E-state index is 13.1. The van der Waals surface area contributed by atoms with Gasteiger partial charge in [-0.05, 0) is 69.1 Å². The summed E-state index contributed by atoms with van der Waals surface area (Å²) < 4.78 is 68.5. The monoisotopic (exact) mass is 1430 g/mol. The highest BCUT2D eigenvalue weighted by Gasteiger charge is 2.30. The molecule has 0 aliphatic rings. The van der Waals surface area contributed by atoms with Crippen molar-refractivity contribution in [3.63, 3.8) is 0 Å². The van der Waals surface area contributed by atoms with Gasteiger partial charge in [-0.25, -0.2) is 9.13 Å². The Labute approximate surface area is 599 Å². The van der Waals surface area contributed by atoms with Gasteiger partial charge in [0, 0.05) is 25.7 Å². The number of aliphatic hydroxyl groups is 1. The summed E-state index contributed by atoms with van der Waals surface area (Å²) in [5.74, 6) is 0.105. The van der Waals surface area contributed by atoms with Gasteiger partial charge in [0.25, 0.3) is 0 Å². The van der Waals surface area contributed by atoms with E-state index < -0.39 is 97.5 Å². The molecule has 2 unspecified atom stereocenters. The van der Waals surface area contributed by atoms with Crippen LogP contribution in [-0.2, 0) is 65.4 Å². The number of aliphatic hydroxyl groups excluding tert-OH is 1. The number of rotatable bonds is 75. The molecule has 0 heterocycles. The minimum atomic E-state index is -4.96. The summed E-state index contributed by atoms with van der Waals surface area (Å²) in [6, 6.07) is 0.